The van der Waals surface area contributed by atoms with Crippen LogP contribution in [0.5, 0.6) is 0 Å². The topological polar surface area (TPSA) is 86.8 Å². The molecule has 2 aromatic rings. The number of rotatable bonds is 6. The lowest BCUT2D eigenvalue weighted by molar-refractivity contribution is -0.116. The summed E-state index contributed by atoms with van der Waals surface area (Å²) < 4.78 is 25.3. The van der Waals surface area contributed by atoms with Gasteiger partial charge in [0.05, 0.1) is 17.5 Å². The van der Waals surface area contributed by atoms with Gasteiger partial charge in [-0.3, -0.25) is 14.5 Å². The molecule has 2 amide bonds. The number of carbonyl (C=O) groups excluding carboxylic acids is 2. The monoisotopic (exact) mass is 489 g/mol. The van der Waals surface area contributed by atoms with E-state index < -0.39 is 15.9 Å². The Morgan fingerprint density at radius 2 is 1.85 bits per heavy atom. The summed E-state index contributed by atoms with van der Waals surface area (Å²) in [6, 6.07) is 13.9. The molecule has 9 heteroatoms. The van der Waals surface area contributed by atoms with Gasteiger partial charge in [-0.2, -0.15) is 0 Å². The highest BCUT2D eigenvalue weighted by Crippen LogP contribution is 2.28. The van der Waals surface area contributed by atoms with Crippen LogP contribution in [0.3, 0.4) is 0 Å². The Bertz CT molecular complexity index is 1130. The normalized spacial score (nSPS) is 20.1. The number of nitrogens with one attached hydrogen (secondary N) is 1. The Morgan fingerprint density at radius 3 is 2.48 bits per heavy atom. The molecule has 2 aliphatic rings. The fourth-order valence-corrected chi connectivity index (χ4v) is 5.99. The predicted molar refractivity (Wildman–Crippen MR) is 129 cm³/mol. The van der Waals surface area contributed by atoms with Crippen LogP contribution in [0.15, 0.2) is 48.5 Å². The molecule has 33 heavy (non-hydrogen) atoms. The quantitative estimate of drug-likeness (QED) is 0.669. The molecule has 0 aromatic heterocycles. The molecule has 0 saturated carbocycles. The fraction of sp³-hybridized carbons (Fsp3) is 0.417. The highest BCUT2D eigenvalue weighted by atomic mass is 35.5. The average Bonchev–Trinajstić information content (AvgIpc) is 3.08. The number of hydrogen-bond donors (Lipinski definition) is 1. The Labute approximate surface area is 199 Å². The summed E-state index contributed by atoms with van der Waals surface area (Å²) in [4.78, 5) is 27.5. The average molecular weight is 490 g/mol. The Kier molecular flexibility index (Phi) is 7.07. The lowest BCUT2D eigenvalue weighted by Gasteiger charge is -2.37. The van der Waals surface area contributed by atoms with Crippen molar-refractivity contribution in [3.05, 3.63) is 64.7 Å². The third-order valence-electron chi connectivity index (χ3n) is 6.39. The number of nitrogens with zero attached hydrogens (tertiary/aromatic N) is 2. The molecule has 7 nitrogen and oxygen atoms in total. The van der Waals surface area contributed by atoms with Gasteiger partial charge in [0, 0.05) is 23.6 Å². The third kappa shape index (κ3) is 5.39. The lowest BCUT2D eigenvalue weighted by atomic mass is 9.95. The molecule has 176 valence electrons. The highest BCUT2D eigenvalue weighted by Gasteiger charge is 2.36. The molecule has 0 bridgehead atoms. The number of halogens is 1. The standard InChI is InChI=1S/C24H28ClN3O4S/c1-17-9-12-27(13-10-17)22(18-5-7-20(25)8-6-18)16-26-24(30)19-3-2-4-21(15-19)28-23(29)11-14-33(28,31)32/h2-8,15,17,22H,9-14,16H2,1H3,(H,26,30)/t22-/m1/s1. The summed E-state index contributed by atoms with van der Waals surface area (Å²) in [6.07, 6.45) is 2.17. The summed E-state index contributed by atoms with van der Waals surface area (Å²) in [6.45, 7) is 4.57. The molecule has 2 aromatic carbocycles. The molecule has 1 atom stereocenters. The maximum Gasteiger partial charge on any atom is 0.251 e. The second-order valence-electron chi connectivity index (χ2n) is 8.77. The lowest BCUT2D eigenvalue weighted by Crippen LogP contribution is -2.42. The molecule has 0 unspecified atom stereocenters. The van der Waals surface area contributed by atoms with Gasteiger partial charge >= 0.3 is 0 Å². The van der Waals surface area contributed by atoms with Crippen LogP contribution in [-0.2, 0) is 14.8 Å². The minimum absolute atomic E-state index is 0.00226. The van der Waals surface area contributed by atoms with Gasteiger partial charge in [-0.1, -0.05) is 36.7 Å². The third-order valence-corrected chi connectivity index (χ3v) is 8.33. The van der Waals surface area contributed by atoms with Crippen molar-refractivity contribution in [3.8, 4) is 0 Å². The molecule has 0 aliphatic carbocycles. The number of anilines is 1. The van der Waals surface area contributed by atoms with Gasteiger partial charge in [0.25, 0.3) is 5.91 Å². The first-order valence-electron chi connectivity index (χ1n) is 11.2. The van der Waals surface area contributed by atoms with Crippen LogP contribution in [0.2, 0.25) is 5.02 Å². The minimum Gasteiger partial charge on any atom is -0.350 e. The summed E-state index contributed by atoms with van der Waals surface area (Å²) >= 11 is 6.07. The summed E-state index contributed by atoms with van der Waals surface area (Å²) in [5.41, 5.74) is 1.59. The van der Waals surface area contributed by atoms with Gasteiger partial charge in [-0.25, -0.2) is 12.7 Å². The molecule has 0 spiro atoms. The van der Waals surface area contributed by atoms with Crippen molar-refractivity contribution in [2.45, 2.75) is 32.2 Å². The largest absolute Gasteiger partial charge is 0.350 e. The van der Waals surface area contributed by atoms with Crippen molar-refractivity contribution in [2.75, 3.05) is 29.7 Å². The number of piperidine rings is 1. The Balaban J connectivity index is 1.50. The molecule has 0 radical (unpaired) electrons. The number of carbonyl (C=O) groups is 2. The fourth-order valence-electron chi connectivity index (χ4n) is 4.42. The van der Waals surface area contributed by atoms with Gasteiger partial charge in [-0.15, -0.1) is 0 Å². The molecule has 1 N–H and O–H groups in total. The highest BCUT2D eigenvalue weighted by molar-refractivity contribution is 7.94. The van der Waals surface area contributed by atoms with E-state index in [1.54, 1.807) is 12.1 Å². The van der Waals surface area contributed by atoms with Gasteiger partial charge in [0.15, 0.2) is 0 Å². The zero-order chi connectivity index (χ0) is 23.6. The van der Waals surface area contributed by atoms with E-state index in [-0.39, 0.29) is 29.8 Å². The van der Waals surface area contributed by atoms with Crippen molar-refractivity contribution in [3.63, 3.8) is 0 Å². The Hall–Kier alpha value is -2.42. The van der Waals surface area contributed by atoms with E-state index in [0.717, 1.165) is 35.8 Å². The maximum absolute atomic E-state index is 13.0. The first-order chi connectivity index (χ1) is 15.7. The molecule has 2 aliphatic heterocycles. The predicted octanol–water partition coefficient (Wildman–Crippen LogP) is 3.61. The van der Waals surface area contributed by atoms with E-state index in [1.165, 1.54) is 12.1 Å². The van der Waals surface area contributed by atoms with E-state index in [1.807, 2.05) is 24.3 Å². The van der Waals surface area contributed by atoms with Crippen LogP contribution in [-0.4, -0.2) is 50.5 Å². The zero-order valence-corrected chi connectivity index (χ0v) is 20.1. The van der Waals surface area contributed by atoms with Crippen LogP contribution in [0.25, 0.3) is 0 Å². The number of sulfonamides is 1. The maximum atomic E-state index is 13.0. The van der Waals surface area contributed by atoms with E-state index >= 15 is 0 Å². The molecule has 4 rings (SSSR count). The van der Waals surface area contributed by atoms with Gasteiger partial charge in [0.1, 0.15) is 0 Å². The second kappa shape index (κ2) is 9.83. The van der Waals surface area contributed by atoms with Crippen LogP contribution in [0, 0.1) is 5.92 Å². The number of amides is 2. The van der Waals surface area contributed by atoms with Crippen molar-refractivity contribution in [1.29, 1.82) is 0 Å². The van der Waals surface area contributed by atoms with Crippen LogP contribution < -0.4 is 9.62 Å². The Morgan fingerprint density at radius 1 is 1.15 bits per heavy atom. The molecule has 2 heterocycles. The van der Waals surface area contributed by atoms with E-state index in [0.29, 0.717) is 23.0 Å². The number of hydrogen-bond acceptors (Lipinski definition) is 5. The summed E-state index contributed by atoms with van der Waals surface area (Å²) in [5.74, 6) is -0.312. The van der Waals surface area contributed by atoms with Crippen molar-refractivity contribution < 1.29 is 18.0 Å². The summed E-state index contributed by atoms with van der Waals surface area (Å²) in [7, 11) is -3.68. The first-order valence-corrected chi connectivity index (χ1v) is 13.2. The van der Waals surface area contributed by atoms with E-state index in [9.17, 15) is 18.0 Å². The molecular formula is C24H28ClN3O4S. The van der Waals surface area contributed by atoms with E-state index in [4.69, 9.17) is 11.6 Å². The SMILES string of the molecule is CC1CCN([C@H](CNC(=O)c2cccc(N3C(=O)CCS3(=O)=O)c2)c2ccc(Cl)cc2)CC1. The zero-order valence-electron chi connectivity index (χ0n) is 18.5. The van der Waals surface area contributed by atoms with Crippen LogP contribution in [0.1, 0.15) is 48.1 Å². The smallest absolute Gasteiger partial charge is 0.251 e. The van der Waals surface area contributed by atoms with Crippen molar-refractivity contribution >= 4 is 39.1 Å². The van der Waals surface area contributed by atoms with Gasteiger partial charge < -0.3 is 5.32 Å². The van der Waals surface area contributed by atoms with Crippen molar-refractivity contribution in [2.24, 2.45) is 5.92 Å². The van der Waals surface area contributed by atoms with Crippen LogP contribution in [0.4, 0.5) is 5.69 Å². The minimum atomic E-state index is -3.68. The number of benzene rings is 2. The molecular weight excluding hydrogens is 462 g/mol. The summed E-state index contributed by atoms with van der Waals surface area (Å²) in [5, 5.41) is 3.67. The van der Waals surface area contributed by atoms with Crippen molar-refractivity contribution in [1.82, 2.24) is 10.2 Å². The van der Waals surface area contributed by atoms with E-state index in [2.05, 4.69) is 17.1 Å². The molecule has 2 fully saturated rings. The van der Waals surface area contributed by atoms with Gasteiger partial charge in [0.2, 0.25) is 15.9 Å². The van der Waals surface area contributed by atoms with Crippen LogP contribution >= 0.6 is 11.6 Å². The second-order valence-corrected chi connectivity index (χ2v) is 11.1. The molecule has 2 saturated heterocycles. The first kappa shape index (κ1) is 23.7. The number of likely N-dealkylation sites (tertiary alicyclic amines) is 1. The van der Waals surface area contributed by atoms with Gasteiger partial charge in [-0.05, 0) is 67.7 Å².